The molecule has 1 aromatic carbocycles. The van der Waals surface area contributed by atoms with E-state index in [0.717, 1.165) is 22.7 Å². The summed E-state index contributed by atoms with van der Waals surface area (Å²) in [7, 11) is -3.71. The lowest BCUT2D eigenvalue weighted by Gasteiger charge is -2.23. The van der Waals surface area contributed by atoms with Crippen molar-refractivity contribution in [3.63, 3.8) is 0 Å². The van der Waals surface area contributed by atoms with Crippen molar-refractivity contribution in [1.29, 1.82) is 0 Å². The first-order valence-electron chi connectivity index (χ1n) is 5.50. The number of sulfonamides is 1. The van der Waals surface area contributed by atoms with Gasteiger partial charge in [-0.05, 0) is 25.0 Å². The smallest absolute Gasteiger partial charge is 0.254 e. The van der Waals surface area contributed by atoms with Gasteiger partial charge in [0.15, 0.2) is 5.82 Å². The van der Waals surface area contributed by atoms with E-state index in [4.69, 9.17) is 5.73 Å². The first kappa shape index (κ1) is 13.7. The molecule has 1 fully saturated rings. The Balaban J connectivity index is 2.62. The number of rotatable bonds is 4. The van der Waals surface area contributed by atoms with Crippen LogP contribution in [0.15, 0.2) is 12.1 Å². The molecule has 8 heteroatoms. The summed E-state index contributed by atoms with van der Waals surface area (Å²) in [4.78, 5) is 11.0. The van der Waals surface area contributed by atoms with Gasteiger partial charge in [-0.2, -0.15) is 0 Å². The Hall–Kier alpha value is -1.70. The number of carbonyl (C=O) groups is 1. The number of anilines is 1. The van der Waals surface area contributed by atoms with Crippen molar-refractivity contribution < 1.29 is 22.0 Å². The first-order chi connectivity index (χ1) is 8.73. The molecule has 104 valence electrons. The molecule has 1 saturated carbocycles. The molecule has 1 aliphatic rings. The van der Waals surface area contributed by atoms with E-state index in [0.29, 0.717) is 12.8 Å². The largest absolute Gasteiger partial charge is 0.365 e. The van der Waals surface area contributed by atoms with Gasteiger partial charge in [0.1, 0.15) is 11.4 Å². The van der Waals surface area contributed by atoms with Gasteiger partial charge < -0.3 is 5.73 Å². The molecule has 0 unspecified atom stereocenters. The van der Waals surface area contributed by atoms with Crippen LogP contribution in [0.4, 0.5) is 14.5 Å². The fourth-order valence-corrected chi connectivity index (χ4v) is 3.14. The molecular formula is C11H12F2N2O3S. The molecule has 1 aliphatic carbocycles. The molecule has 1 aromatic rings. The predicted molar refractivity (Wildman–Crippen MR) is 65.2 cm³/mol. The second-order valence-corrected chi connectivity index (χ2v) is 6.27. The van der Waals surface area contributed by atoms with E-state index < -0.39 is 33.1 Å². The highest BCUT2D eigenvalue weighted by Gasteiger charge is 2.37. The summed E-state index contributed by atoms with van der Waals surface area (Å²) in [5, 5.41) is 0. The molecule has 2 rings (SSSR count). The Morgan fingerprint density at radius 1 is 1.37 bits per heavy atom. The number of hydrogen-bond acceptors (Lipinski definition) is 3. The van der Waals surface area contributed by atoms with Crippen molar-refractivity contribution in [1.82, 2.24) is 0 Å². The van der Waals surface area contributed by atoms with Gasteiger partial charge in [-0.15, -0.1) is 0 Å². The summed E-state index contributed by atoms with van der Waals surface area (Å²) in [5.41, 5.74) is 3.63. The Bertz CT molecular complexity index is 642. The molecule has 0 radical (unpaired) electrons. The van der Waals surface area contributed by atoms with Crippen molar-refractivity contribution in [2.75, 3.05) is 10.6 Å². The van der Waals surface area contributed by atoms with Gasteiger partial charge in [0.25, 0.3) is 5.91 Å². The molecule has 0 bridgehead atoms. The highest BCUT2D eigenvalue weighted by Crippen LogP contribution is 2.36. The Labute approximate surface area is 109 Å². The van der Waals surface area contributed by atoms with Gasteiger partial charge in [-0.1, -0.05) is 0 Å². The molecule has 19 heavy (non-hydrogen) atoms. The highest BCUT2D eigenvalue weighted by atomic mass is 32.2. The third-order valence-corrected chi connectivity index (χ3v) is 4.00. The zero-order valence-electron chi connectivity index (χ0n) is 10.1. The minimum absolute atomic E-state index is 0.347. The van der Waals surface area contributed by atoms with Crippen LogP contribution in [0.25, 0.3) is 0 Å². The number of nitrogens with zero attached hydrogens (tertiary/aromatic N) is 1. The number of hydrogen-bond donors (Lipinski definition) is 1. The van der Waals surface area contributed by atoms with Crippen molar-refractivity contribution in [3.05, 3.63) is 29.3 Å². The van der Waals surface area contributed by atoms with E-state index in [1.165, 1.54) is 0 Å². The quantitative estimate of drug-likeness (QED) is 0.898. The summed E-state index contributed by atoms with van der Waals surface area (Å²) in [6.45, 7) is 0. The Kier molecular flexibility index (Phi) is 3.21. The normalized spacial score (nSPS) is 15.3. The number of primary amides is 1. The third-order valence-electron chi connectivity index (χ3n) is 2.79. The molecule has 0 saturated heterocycles. The van der Waals surface area contributed by atoms with Gasteiger partial charge in [0.2, 0.25) is 10.0 Å². The zero-order chi connectivity index (χ0) is 14.4. The summed E-state index contributed by atoms with van der Waals surface area (Å²) in [6.07, 6.45) is 2.11. The van der Waals surface area contributed by atoms with Crippen molar-refractivity contribution >= 4 is 21.6 Å². The molecule has 0 spiro atoms. The topological polar surface area (TPSA) is 80.5 Å². The lowest BCUT2D eigenvalue weighted by atomic mass is 10.1. The second kappa shape index (κ2) is 4.44. The highest BCUT2D eigenvalue weighted by molar-refractivity contribution is 7.92. The van der Waals surface area contributed by atoms with Crippen molar-refractivity contribution in [2.45, 2.75) is 18.9 Å². The number of amides is 1. The standard InChI is InChI=1S/C11H12F2N2O3S/c1-19(17,18)15(6-2-3-6)8-5-4-7(12)9(10(8)13)11(14)16/h4-6H,2-3H2,1H3,(H2,14,16). The number of benzene rings is 1. The fourth-order valence-electron chi connectivity index (χ4n) is 1.89. The summed E-state index contributed by atoms with van der Waals surface area (Å²) in [5.74, 6) is -3.64. The van der Waals surface area contributed by atoms with E-state index in [2.05, 4.69) is 0 Å². The third kappa shape index (κ3) is 2.53. The van der Waals surface area contributed by atoms with Crippen molar-refractivity contribution in [3.8, 4) is 0 Å². The number of carbonyl (C=O) groups excluding carboxylic acids is 1. The van der Waals surface area contributed by atoms with E-state index in [1.54, 1.807) is 0 Å². The number of nitrogens with two attached hydrogens (primary N) is 1. The van der Waals surface area contributed by atoms with Crippen LogP contribution < -0.4 is 10.0 Å². The van der Waals surface area contributed by atoms with Gasteiger partial charge in [-0.3, -0.25) is 9.10 Å². The molecule has 1 amide bonds. The summed E-state index contributed by atoms with van der Waals surface area (Å²) < 4.78 is 51.7. The van der Waals surface area contributed by atoms with E-state index >= 15 is 0 Å². The van der Waals surface area contributed by atoms with E-state index in [-0.39, 0.29) is 11.7 Å². The van der Waals surface area contributed by atoms with Gasteiger partial charge >= 0.3 is 0 Å². The molecular weight excluding hydrogens is 278 g/mol. The first-order valence-corrected chi connectivity index (χ1v) is 7.35. The van der Waals surface area contributed by atoms with E-state index in [1.807, 2.05) is 0 Å². The average Bonchev–Trinajstić information content (AvgIpc) is 3.03. The maximum Gasteiger partial charge on any atom is 0.254 e. The van der Waals surface area contributed by atoms with Crippen LogP contribution in [-0.2, 0) is 10.0 Å². The summed E-state index contributed by atoms with van der Waals surface area (Å²) >= 11 is 0. The SMILES string of the molecule is CS(=O)(=O)N(c1ccc(F)c(C(N)=O)c1F)C1CC1. The lowest BCUT2D eigenvalue weighted by molar-refractivity contribution is 0.0992. The minimum atomic E-state index is -3.71. The van der Waals surface area contributed by atoms with Crippen LogP contribution in [0.1, 0.15) is 23.2 Å². The minimum Gasteiger partial charge on any atom is -0.365 e. The van der Waals surface area contributed by atoms with Crippen molar-refractivity contribution in [2.24, 2.45) is 5.73 Å². The number of halogens is 2. The Morgan fingerprint density at radius 3 is 2.37 bits per heavy atom. The Morgan fingerprint density at radius 2 is 1.95 bits per heavy atom. The van der Waals surface area contributed by atoms with E-state index in [9.17, 15) is 22.0 Å². The van der Waals surface area contributed by atoms with Crippen LogP contribution in [-0.4, -0.2) is 26.6 Å². The van der Waals surface area contributed by atoms with Crippen LogP contribution in [0.5, 0.6) is 0 Å². The molecule has 0 heterocycles. The van der Waals surface area contributed by atoms with Gasteiger partial charge in [-0.25, -0.2) is 17.2 Å². The molecule has 2 N–H and O–H groups in total. The fraction of sp³-hybridized carbons (Fsp3) is 0.364. The van der Waals surface area contributed by atoms with Crippen LogP contribution in [0.2, 0.25) is 0 Å². The van der Waals surface area contributed by atoms with Crippen LogP contribution >= 0.6 is 0 Å². The molecule has 5 nitrogen and oxygen atoms in total. The average molecular weight is 290 g/mol. The second-order valence-electron chi connectivity index (χ2n) is 4.41. The van der Waals surface area contributed by atoms with Crippen LogP contribution in [0, 0.1) is 11.6 Å². The monoisotopic (exact) mass is 290 g/mol. The maximum absolute atomic E-state index is 14.1. The lowest BCUT2D eigenvalue weighted by Crippen LogP contribution is -2.33. The van der Waals surface area contributed by atoms with Gasteiger partial charge in [0.05, 0.1) is 11.9 Å². The van der Waals surface area contributed by atoms with Gasteiger partial charge in [0, 0.05) is 6.04 Å². The molecule has 0 atom stereocenters. The maximum atomic E-state index is 14.1. The predicted octanol–water partition coefficient (Wildman–Crippen LogP) is 0.992. The summed E-state index contributed by atoms with van der Waals surface area (Å²) in [6, 6.07) is 1.48. The molecule has 0 aliphatic heterocycles. The molecule has 0 aromatic heterocycles. The van der Waals surface area contributed by atoms with Crippen LogP contribution in [0.3, 0.4) is 0 Å². The zero-order valence-corrected chi connectivity index (χ0v) is 10.9.